The number of hydrogen-bond donors (Lipinski definition) is 3. The Morgan fingerprint density at radius 2 is 1.87 bits per heavy atom. The number of rotatable bonds is 3. The van der Waals surface area contributed by atoms with Crippen molar-refractivity contribution in [3.8, 4) is 0 Å². The number of carbonyl (C=O) groups excluding carboxylic acids is 1. The summed E-state index contributed by atoms with van der Waals surface area (Å²) >= 11 is 0. The number of aryl methyl sites for hydroxylation is 2. The molecule has 2 amide bonds. The molecule has 0 aliphatic carbocycles. The number of nitrogens with one attached hydrogen (secondary N) is 3. The minimum atomic E-state index is -0.222. The largest absolute Gasteiger partial charge is 0.337 e. The van der Waals surface area contributed by atoms with Crippen LogP contribution >= 0.6 is 0 Å². The number of hydrogen-bond acceptors (Lipinski definition) is 2. The smallest absolute Gasteiger partial charge is 0.333 e. The normalized spacial score (nSPS) is 9.53. The average molecular weight is 207 g/mol. The second kappa shape index (κ2) is 5.24. The first-order valence-electron chi connectivity index (χ1n) is 5.01. The molecule has 1 rings (SSSR count). The van der Waals surface area contributed by atoms with E-state index in [1.54, 1.807) is 0 Å². The van der Waals surface area contributed by atoms with Gasteiger partial charge in [0.2, 0.25) is 0 Å². The van der Waals surface area contributed by atoms with Gasteiger partial charge in [-0.3, -0.25) is 10.9 Å². The number of carbonyl (C=O) groups is 1. The predicted molar refractivity (Wildman–Crippen MR) is 61.7 cm³/mol. The van der Waals surface area contributed by atoms with E-state index < -0.39 is 0 Å². The van der Waals surface area contributed by atoms with Crippen LogP contribution in [0.4, 0.5) is 10.5 Å². The molecule has 4 heteroatoms. The van der Waals surface area contributed by atoms with E-state index in [9.17, 15) is 4.79 Å². The Bertz CT molecular complexity index is 329. The molecular formula is C11H17N3O. The Balaban J connectivity index is 2.61. The van der Waals surface area contributed by atoms with Crippen LogP contribution in [0.2, 0.25) is 0 Å². The third kappa shape index (κ3) is 3.16. The molecule has 1 aromatic carbocycles. The summed E-state index contributed by atoms with van der Waals surface area (Å²) in [7, 11) is 0. The van der Waals surface area contributed by atoms with Crippen LogP contribution in [-0.2, 0) is 0 Å². The average Bonchev–Trinajstić information content (AvgIpc) is 2.17. The van der Waals surface area contributed by atoms with E-state index in [2.05, 4.69) is 16.2 Å². The number of hydrazine groups is 1. The lowest BCUT2D eigenvalue weighted by molar-refractivity contribution is 0.243. The maximum Gasteiger partial charge on any atom is 0.333 e. The highest BCUT2D eigenvalue weighted by atomic mass is 16.2. The highest BCUT2D eigenvalue weighted by molar-refractivity contribution is 5.76. The first-order chi connectivity index (χ1) is 7.15. The molecule has 4 nitrogen and oxygen atoms in total. The molecule has 0 bridgehead atoms. The second-order valence-corrected chi connectivity index (χ2v) is 3.38. The number of amides is 2. The molecular weight excluding hydrogens is 190 g/mol. The molecule has 0 aliphatic heterocycles. The van der Waals surface area contributed by atoms with Crippen LogP contribution in [0.15, 0.2) is 18.2 Å². The Hall–Kier alpha value is -1.71. The van der Waals surface area contributed by atoms with Crippen molar-refractivity contribution in [2.45, 2.75) is 20.8 Å². The standard InChI is InChI=1S/C11H17N3O/c1-4-12-11(15)14-13-10-8(2)6-5-7-9(10)3/h5-7,13H,4H2,1-3H3,(H2,12,14,15). The SMILES string of the molecule is CCNC(=O)NNc1c(C)cccc1C. The van der Waals surface area contributed by atoms with Crippen molar-refractivity contribution in [2.24, 2.45) is 0 Å². The van der Waals surface area contributed by atoms with E-state index in [1.165, 1.54) is 0 Å². The fourth-order valence-electron chi connectivity index (χ4n) is 1.34. The van der Waals surface area contributed by atoms with Crippen LogP contribution in [-0.4, -0.2) is 12.6 Å². The van der Waals surface area contributed by atoms with Gasteiger partial charge in [0, 0.05) is 6.54 Å². The Morgan fingerprint density at radius 3 is 2.40 bits per heavy atom. The van der Waals surface area contributed by atoms with Crippen molar-refractivity contribution in [3.63, 3.8) is 0 Å². The summed E-state index contributed by atoms with van der Waals surface area (Å²) in [4.78, 5) is 11.2. The molecule has 0 saturated heterocycles. The third-order valence-electron chi connectivity index (χ3n) is 2.12. The van der Waals surface area contributed by atoms with E-state index in [0.717, 1.165) is 16.8 Å². The quantitative estimate of drug-likeness (QED) is 0.663. The highest BCUT2D eigenvalue weighted by Crippen LogP contribution is 2.17. The Morgan fingerprint density at radius 1 is 1.27 bits per heavy atom. The van der Waals surface area contributed by atoms with Crippen molar-refractivity contribution >= 4 is 11.7 Å². The number of para-hydroxylation sites is 1. The van der Waals surface area contributed by atoms with E-state index in [4.69, 9.17) is 0 Å². The molecule has 0 aromatic heterocycles. The van der Waals surface area contributed by atoms with Gasteiger partial charge in [0.25, 0.3) is 0 Å². The zero-order valence-electron chi connectivity index (χ0n) is 9.35. The monoisotopic (exact) mass is 207 g/mol. The first-order valence-corrected chi connectivity index (χ1v) is 5.01. The van der Waals surface area contributed by atoms with Crippen molar-refractivity contribution in [3.05, 3.63) is 29.3 Å². The topological polar surface area (TPSA) is 53.2 Å². The Labute approximate surface area is 90.0 Å². The number of urea groups is 1. The maximum absolute atomic E-state index is 11.2. The summed E-state index contributed by atoms with van der Waals surface area (Å²) < 4.78 is 0. The minimum Gasteiger partial charge on any atom is -0.337 e. The lowest BCUT2D eigenvalue weighted by Gasteiger charge is -2.13. The van der Waals surface area contributed by atoms with Crippen LogP contribution in [0.5, 0.6) is 0 Å². The molecule has 0 spiro atoms. The molecule has 82 valence electrons. The third-order valence-corrected chi connectivity index (χ3v) is 2.12. The number of anilines is 1. The van der Waals surface area contributed by atoms with E-state index in [1.807, 2.05) is 39.0 Å². The molecule has 0 heterocycles. The van der Waals surface area contributed by atoms with Gasteiger partial charge in [0.05, 0.1) is 5.69 Å². The number of benzene rings is 1. The van der Waals surface area contributed by atoms with Gasteiger partial charge < -0.3 is 5.32 Å². The van der Waals surface area contributed by atoms with Crippen LogP contribution in [0.3, 0.4) is 0 Å². The molecule has 0 aliphatic rings. The van der Waals surface area contributed by atoms with Crippen LogP contribution in [0.25, 0.3) is 0 Å². The van der Waals surface area contributed by atoms with Gasteiger partial charge in [-0.2, -0.15) is 0 Å². The predicted octanol–water partition coefficient (Wildman–Crippen LogP) is 1.95. The van der Waals surface area contributed by atoms with Gasteiger partial charge in [-0.25, -0.2) is 4.79 Å². The van der Waals surface area contributed by atoms with Crippen LogP contribution < -0.4 is 16.2 Å². The van der Waals surface area contributed by atoms with Gasteiger partial charge in [-0.1, -0.05) is 18.2 Å². The van der Waals surface area contributed by atoms with Gasteiger partial charge in [0.1, 0.15) is 0 Å². The lowest BCUT2D eigenvalue weighted by atomic mass is 10.1. The van der Waals surface area contributed by atoms with Gasteiger partial charge in [-0.05, 0) is 31.9 Å². The van der Waals surface area contributed by atoms with Gasteiger partial charge in [0.15, 0.2) is 0 Å². The second-order valence-electron chi connectivity index (χ2n) is 3.38. The summed E-state index contributed by atoms with van der Waals surface area (Å²) in [6, 6.07) is 5.76. The molecule has 3 N–H and O–H groups in total. The van der Waals surface area contributed by atoms with E-state index >= 15 is 0 Å². The van der Waals surface area contributed by atoms with Gasteiger partial charge in [-0.15, -0.1) is 0 Å². The van der Waals surface area contributed by atoms with Gasteiger partial charge >= 0.3 is 6.03 Å². The van der Waals surface area contributed by atoms with Crippen molar-refractivity contribution < 1.29 is 4.79 Å². The van der Waals surface area contributed by atoms with Crippen molar-refractivity contribution in [2.75, 3.05) is 12.0 Å². The summed E-state index contributed by atoms with van der Waals surface area (Å²) in [6.07, 6.45) is 0. The summed E-state index contributed by atoms with van der Waals surface area (Å²) in [5, 5.41) is 2.64. The summed E-state index contributed by atoms with van der Waals surface area (Å²) in [6.45, 7) is 6.47. The molecule has 15 heavy (non-hydrogen) atoms. The lowest BCUT2D eigenvalue weighted by Crippen LogP contribution is -2.39. The summed E-state index contributed by atoms with van der Waals surface area (Å²) in [5.41, 5.74) is 8.64. The van der Waals surface area contributed by atoms with Crippen molar-refractivity contribution in [1.82, 2.24) is 10.7 Å². The highest BCUT2D eigenvalue weighted by Gasteiger charge is 2.02. The first kappa shape index (κ1) is 11.4. The molecule has 0 unspecified atom stereocenters. The fourth-order valence-corrected chi connectivity index (χ4v) is 1.34. The molecule has 0 saturated carbocycles. The van der Waals surface area contributed by atoms with E-state index in [-0.39, 0.29) is 6.03 Å². The van der Waals surface area contributed by atoms with Crippen molar-refractivity contribution in [1.29, 1.82) is 0 Å². The Kier molecular flexibility index (Phi) is 3.97. The minimum absolute atomic E-state index is 0.222. The maximum atomic E-state index is 11.2. The fraction of sp³-hybridized carbons (Fsp3) is 0.364. The molecule has 0 fully saturated rings. The zero-order valence-corrected chi connectivity index (χ0v) is 9.35. The molecule has 1 aromatic rings. The zero-order chi connectivity index (χ0) is 11.3. The van der Waals surface area contributed by atoms with Crippen LogP contribution in [0, 0.1) is 13.8 Å². The summed E-state index contributed by atoms with van der Waals surface area (Å²) in [5.74, 6) is 0. The molecule has 0 radical (unpaired) electrons. The molecule has 0 atom stereocenters. The van der Waals surface area contributed by atoms with E-state index in [0.29, 0.717) is 6.54 Å². The van der Waals surface area contributed by atoms with Crippen LogP contribution in [0.1, 0.15) is 18.1 Å².